The molecule has 0 aliphatic heterocycles. The van der Waals surface area contributed by atoms with Crippen molar-refractivity contribution in [2.24, 2.45) is 0 Å². The average Bonchev–Trinajstić information content (AvgIpc) is 3.16. The van der Waals surface area contributed by atoms with Gasteiger partial charge in [-0.2, -0.15) is 4.98 Å². The summed E-state index contributed by atoms with van der Waals surface area (Å²) in [6, 6.07) is 18.7. The van der Waals surface area contributed by atoms with Gasteiger partial charge in [0.1, 0.15) is 11.6 Å². The van der Waals surface area contributed by atoms with E-state index in [-0.39, 0.29) is 0 Å². The number of fused-ring (bicyclic) bond motifs is 2. The normalized spacial score (nSPS) is 13.4. The largest absolute Gasteiger partial charge is 0.366 e. The molecule has 1 N–H and O–H groups in total. The fourth-order valence-electron chi connectivity index (χ4n) is 4.15. The number of hydrogen-bond donors (Lipinski definition) is 1. The highest BCUT2D eigenvalue weighted by Crippen LogP contribution is 2.28. The second-order valence-electron chi connectivity index (χ2n) is 7.55. The maximum absolute atomic E-state index is 5.00. The van der Waals surface area contributed by atoms with Crippen molar-refractivity contribution in [1.82, 2.24) is 19.5 Å². The number of benzene rings is 2. The van der Waals surface area contributed by atoms with Gasteiger partial charge in [0.05, 0.1) is 16.7 Å². The predicted molar refractivity (Wildman–Crippen MR) is 116 cm³/mol. The number of anilines is 1. The number of aryl methyl sites for hydroxylation is 2. The second-order valence-corrected chi connectivity index (χ2v) is 7.55. The number of aromatic nitrogens is 4. The van der Waals surface area contributed by atoms with Crippen LogP contribution in [0.5, 0.6) is 0 Å². The Morgan fingerprint density at radius 2 is 1.69 bits per heavy atom. The number of rotatable bonds is 5. The van der Waals surface area contributed by atoms with E-state index in [1.54, 1.807) is 0 Å². The van der Waals surface area contributed by atoms with E-state index in [0.29, 0.717) is 0 Å². The molecule has 5 rings (SSSR count). The van der Waals surface area contributed by atoms with Crippen molar-refractivity contribution in [3.63, 3.8) is 0 Å². The molecule has 146 valence electrons. The second kappa shape index (κ2) is 7.66. The molecular formula is C24H25N5. The Kier molecular flexibility index (Phi) is 4.72. The first kappa shape index (κ1) is 17.9. The summed E-state index contributed by atoms with van der Waals surface area (Å²) >= 11 is 0. The summed E-state index contributed by atoms with van der Waals surface area (Å²) in [6.07, 6.45) is 5.27. The summed E-state index contributed by atoms with van der Waals surface area (Å²) in [5.74, 6) is 2.69. The van der Waals surface area contributed by atoms with E-state index in [2.05, 4.69) is 53.2 Å². The minimum atomic E-state index is 0.728. The van der Waals surface area contributed by atoms with Crippen molar-refractivity contribution < 1.29 is 0 Å². The first-order valence-corrected chi connectivity index (χ1v) is 10.5. The lowest BCUT2D eigenvalue weighted by molar-refractivity contribution is 0.657. The van der Waals surface area contributed by atoms with Crippen molar-refractivity contribution in [2.75, 3.05) is 5.32 Å². The van der Waals surface area contributed by atoms with Crippen LogP contribution in [0, 0.1) is 0 Å². The zero-order chi connectivity index (χ0) is 19.6. The Hall–Kier alpha value is -3.21. The predicted octanol–water partition coefficient (Wildman–Crippen LogP) is 4.87. The third-order valence-electron chi connectivity index (χ3n) is 5.62. The van der Waals surface area contributed by atoms with Gasteiger partial charge in [0, 0.05) is 18.5 Å². The molecule has 1 aliphatic rings. The minimum Gasteiger partial charge on any atom is -0.366 e. The molecule has 4 aromatic rings. The van der Waals surface area contributed by atoms with Crippen molar-refractivity contribution >= 4 is 16.9 Å². The average molecular weight is 383 g/mol. The van der Waals surface area contributed by atoms with Crippen LogP contribution in [0.3, 0.4) is 0 Å². The molecule has 0 saturated heterocycles. The van der Waals surface area contributed by atoms with Crippen LogP contribution < -0.4 is 5.32 Å². The Morgan fingerprint density at radius 3 is 2.55 bits per heavy atom. The fraction of sp³-hybridized carbons (Fsp3) is 0.292. The highest BCUT2D eigenvalue weighted by atomic mass is 15.2. The van der Waals surface area contributed by atoms with E-state index in [0.717, 1.165) is 54.4 Å². The fourth-order valence-corrected chi connectivity index (χ4v) is 4.15. The van der Waals surface area contributed by atoms with Gasteiger partial charge in [0.25, 0.3) is 0 Å². The summed E-state index contributed by atoms with van der Waals surface area (Å²) in [5.41, 5.74) is 5.76. The molecule has 0 spiro atoms. The number of nitrogens with zero attached hydrogens (tertiary/aromatic N) is 4. The zero-order valence-corrected chi connectivity index (χ0v) is 16.7. The van der Waals surface area contributed by atoms with Crippen molar-refractivity contribution in [3.05, 3.63) is 77.2 Å². The molecule has 0 atom stereocenters. The van der Waals surface area contributed by atoms with Crippen LogP contribution in [0.4, 0.5) is 5.82 Å². The van der Waals surface area contributed by atoms with Gasteiger partial charge >= 0.3 is 0 Å². The van der Waals surface area contributed by atoms with Gasteiger partial charge in [0.2, 0.25) is 5.95 Å². The summed E-state index contributed by atoms with van der Waals surface area (Å²) in [6.45, 7) is 2.89. The van der Waals surface area contributed by atoms with E-state index >= 15 is 0 Å². The quantitative estimate of drug-likeness (QED) is 0.534. The molecule has 0 unspecified atom stereocenters. The molecule has 0 bridgehead atoms. The van der Waals surface area contributed by atoms with Gasteiger partial charge < -0.3 is 5.32 Å². The molecule has 2 heterocycles. The van der Waals surface area contributed by atoms with Gasteiger partial charge in [-0.15, -0.1) is 0 Å². The Labute approximate surface area is 170 Å². The van der Waals surface area contributed by atoms with Crippen molar-refractivity contribution in [2.45, 2.75) is 45.6 Å². The highest BCUT2D eigenvalue weighted by molar-refractivity contribution is 5.77. The van der Waals surface area contributed by atoms with E-state index in [1.807, 2.05) is 18.2 Å². The topological polar surface area (TPSA) is 55.6 Å². The first-order valence-electron chi connectivity index (χ1n) is 10.5. The third kappa shape index (κ3) is 3.37. The monoisotopic (exact) mass is 383 g/mol. The Balaban J connectivity index is 1.61. The van der Waals surface area contributed by atoms with Gasteiger partial charge in [-0.3, -0.25) is 4.57 Å². The molecule has 0 saturated carbocycles. The van der Waals surface area contributed by atoms with E-state index < -0.39 is 0 Å². The van der Waals surface area contributed by atoms with Gasteiger partial charge in [-0.05, 0) is 43.4 Å². The Bertz CT molecular complexity index is 1150. The van der Waals surface area contributed by atoms with E-state index in [9.17, 15) is 0 Å². The van der Waals surface area contributed by atoms with Crippen LogP contribution in [0.2, 0.25) is 0 Å². The molecule has 5 nitrogen and oxygen atoms in total. The molecule has 29 heavy (non-hydrogen) atoms. The first-order chi connectivity index (χ1) is 14.3. The summed E-state index contributed by atoms with van der Waals surface area (Å²) < 4.78 is 2.12. The van der Waals surface area contributed by atoms with Crippen LogP contribution in [0.1, 0.15) is 42.4 Å². The van der Waals surface area contributed by atoms with Gasteiger partial charge in [-0.1, -0.05) is 49.4 Å². The summed E-state index contributed by atoms with van der Waals surface area (Å²) in [4.78, 5) is 14.8. The van der Waals surface area contributed by atoms with Crippen molar-refractivity contribution in [1.29, 1.82) is 0 Å². The molecule has 0 fully saturated rings. The maximum Gasteiger partial charge on any atom is 0.237 e. The minimum absolute atomic E-state index is 0.728. The lowest BCUT2D eigenvalue weighted by atomic mass is 9.96. The molecule has 0 radical (unpaired) electrons. The summed E-state index contributed by atoms with van der Waals surface area (Å²) in [5, 5.41) is 3.59. The molecular weight excluding hydrogens is 358 g/mol. The van der Waals surface area contributed by atoms with Crippen molar-refractivity contribution in [3.8, 4) is 5.95 Å². The highest BCUT2D eigenvalue weighted by Gasteiger charge is 2.21. The standard InChI is InChI=1S/C24H25N5/c1-2-22-26-20-14-8-9-15-21(20)29(22)24-27-19-13-7-6-12-18(19)23(28-24)25-16-17-10-4-3-5-11-17/h3-5,8-11,14-15H,2,6-7,12-13,16H2,1H3,(H,25,27,28). The molecule has 5 heteroatoms. The molecule has 1 aliphatic carbocycles. The Morgan fingerprint density at radius 1 is 0.897 bits per heavy atom. The lowest BCUT2D eigenvalue weighted by Crippen LogP contribution is -2.16. The lowest BCUT2D eigenvalue weighted by Gasteiger charge is -2.20. The smallest absolute Gasteiger partial charge is 0.237 e. The third-order valence-corrected chi connectivity index (χ3v) is 5.62. The van der Waals surface area contributed by atoms with Crippen LogP contribution in [0.25, 0.3) is 17.0 Å². The van der Waals surface area contributed by atoms with E-state index in [1.165, 1.54) is 29.7 Å². The molecule has 0 amide bonds. The number of nitrogens with one attached hydrogen (secondary N) is 1. The van der Waals surface area contributed by atoms with Crippen LogP contribution in [-0.4, -0.2) is 19.5 Å². The molecule has 2 aromatic heterocycles. The maximum atomic E-state index is 5.00. The van der Waals surface area contributed by atoms with Crippen LogP contribution in [0.15, 0.2) is 54.6 Å². The zero-order valence-electron chi connectivity index (χ0n) is 16.7. The van der Waals surface area contributed by atoms with E-state index in [4.69, 9.17) is 15.0 Å². The molecule has 2 aromatic carbocycles. The number of hydrogen-bond acceptors (Lipinski definition) is 4. The van der Waals surface area contributed by atoms with Gasteiger partial charge in [0.15, 0.2) is 0 Å². The van der Waals surface area contributed by atoms with Gasteiger partial charge in [-0.25, -0.2) is 9.97 Å². The van der Waals surface area contributed by atoms with Crippen LogP contribution >= 0.6 is 0 Å². The number of para-hydroxylation sites is 2. The number of imidazole rings is 1. The van der Waals surface area contributed by atoms with Crippen LogP contribution in [-0.2, 0) is 25.8 Å². The SMILES string of the molecule is CCc1nc2ccccc2n1-c1nc2c(c(NCc3ccccc3)n1)CCCC2. The summed E-state index contributed by atoms with van der Waals surface area (Å²) in [7, 11) is 0.